The van der Waals surface area contributed by atoms with Gasteiger partial charge in [-0.3, -0.25) is 0 Å². The van der Waals surface area contributed by atoms with Gasteiger partial charge in [-0.05, 0) is 73.9 Å². The van der Waals surface area contributed by atoms with Crippen molar-refractivity contribution in [2.24, 2.45) is 17.8 Å². The molecule has 2 saturated carbocycles. The molecule has 1 aromatic rings. The van der Waals surface area contributed by atoms with Crippen molar-refractivity contribution in [2.75, 3.05) is 12.8 Å². The minimum absolute atomic E-state index is 0.556. The van der Waals surface area contributed by atoms with Crippen molar-refractivity contribution in [3.05, 3.63) is 29.8 Å². The largest absolute Gasteiger partial charge is 0.310 e. The van der Waals surface area contributed by atoms with E-state index in [0.717, 1.165) is 24.3 Å². The second-order valence-corrected chi connectivity index (χ2v) is 7.43. The summed E-state index contributed by atoms with van der Waals surface area (Å²) >= 11 is 1.82. The lowest BCUT2D eigenvalue weighted by Crippen LogP contribution is -2.25. The monoisotopic (exact) mass is 289 g/mol. The topological polar surface area (TPSA) is 12.0 Å². The Balaban J connectivity index is 1.68. The van der Waals surface area contributed by atoms with Gasteiger partial charge in [-0.15, -0.1) is 11.8 Å². The summed E-state index contributed by atoms with van der Waals surface area (Å²) in [4.78, 5) is 1.36. The molecule has 4 unspecified atom stereocenters. The van der Waals surface area contributed by atoms with Gasteiger partial charge in [0.2, 0.25) is 0 Å². The summed E-state index contributed by atoms with van der Waals surface area (Å²) in [5.74, 6) is 3.07. The standard InChI is InChI=1S/C18H27NS/c1-3-19-18(14-6-8-17(20-2)9-7-14)12-16-11-13-4-5-15(16)10-13/h6-9,13,15-16,18-19H,3-5,10-12H2,1-2H3. The molecule has 2 bridgehead atoms. The summed E-state index contributed by atoms with van der Waals surface area (Å²) < 4.78 is 0. The Hall–Kier alpha value is -0.470. The molecule has 3 rings (SSSR count). The first-order chi connectivity index (χ1) is 9.80. The third-order valence-corrected chi connectivity index (χ3v) is 6.14. The number of fused-ring (bicyclic) bond motifs is 2. The predicted octanol–water partition coefficient (Wildman–Crippen LogP) is 4.89. The molecule has 2 aliphatic rings. The van der Waals surface area contributed by atoms with Crippen LogP contribution in [0.15, 0.2) is 29.2 Å². The van der Waals surface area contributed by atoms with Crippen LogP contribution in [0, 0.1) is 17.8 Å². The number of nitrogens with one attached hydrogen (secondary N) is 1. The second-order valence-electron chi connectivity index (χ2n) is 6.55. The van der Waals surface area contributed by atoms with Crippen LogP contribution in [0.5, 0.6) is 0 Å². The van der Waals surface area contributed by atoms with Crippen LogP contribution >= 0.6 is 11.8 Å². The lowest BCUT2D eigenvalue weighted by atomic mass is 9.83. The molecule has 2 fully saturated rings. The molecule has 2 aliphatic carbocycles. The van der Waals surface area contributed by atoms with Crippen LogP contribution in [-0.4, -0.2) is 12.8 Å². The Morgan fingerprint density at radius 1 is 1.20 bits per heavy atom. The Morgan fingerprint density at radius 3 is 2.55 bits per heavy atom. The summed E-state index contributed by atoms with van der Waals surface area (Å²) in [6.07, 6.45) is 9.51. The maximum atomic E-state index is 3.72. The quantitative estimate of drug-likeness (QED) is 0.749. The molecule has 20 heavy (non-hydrogen) atoms. The Kier molecular flexibility index (Phi) is 4.72. The third kappa shape index (κ3) is 3.07. The molecule has 0 aliphatic heterocycles. The molecule has 1 N–H and O–H groups in total. The Bertz CT molecular complexity index is 428. The van der Waals surface area contributed by atoms with Crippen molar-refractivity contribution in [1.82, 2.24) is 5.32 Å². The number of hydrogen-bond donors (Lipinski definition) is 1. The molecule has 0 amide bonds. The van der Waals surface area contributed by atoms with Gasteiger partial charge in [-0.25, -0.2) is 0 Å². The smallest absolute Gasteiger partial charge is 0.0322 e. The van der Waals surface area contributed by atoms with E-state index >= 15 is 0 Å². The first-order valence-electron chi connectivity index (χ1n) is 8.17. The molecule has 0 radical (unpaired) electrons. The van der Waals surface area contributed by atoms with E-state index in [0.29, 0.717) is 6.04 Å². The van der Waals surface area contributed by atoms with E-state index in [2.05, 4.69) is 42.8 Å². The van der Waals surface area contributed by atoms with Crippen molar-refractivity contribution >= 4 is 11.8 Å². The maximum absolute atomic E-state index is 3.72. The van der Waals surface area contributed by atoms with Crippen molar-refractivity contribution in [3.63, 3.8) is 0 Å². The van der Waals surface area contributed by atoms with Gasteiger partial charge in [0.25, 0.3) is 0 Å². The zero-order valence-corrected chi connectivity index (χ0v) is 13.6. The fourth-order valence-corrected chi connectivity index (χ4v) is 4.80. The Morgan fingerprint density at radius 2 is 2.00 bits per heavy atom. The van der Waals surface area contributed by atoms with Crippen LogP contribution in [0.1, 0.15) is 50.6 Å². The highest BCUT2D eigenvalue weighted by molar-refractivity contribution is 7.98. The average molecular weight is 289 g/mol. The number of rotatable bonds is 6. The molecule has 0 aromatic heterocycles. The molecule has 110 valence electrons. The normalized spacial score (nSPS) is 29.8. The van der Waals surface area contributed by atoms with Gasteiger partial charge in [0.05, 0.1) is 0 Å². The predicted molar refractivity (Wildman–Crippen MR) is 88.2 cm³/mol. The second kappa shape index (κ2) is 6.53. The average Bonchev–Trinajstić information content (AvgIpc) is 3.09. The first-order valence-corrected chi connectivity index (χ1v) is 9.40. The summed E-state index contributed by atoms with van der Waals surface area (Å²) in [5, 5.41) is 3.72. The van der Waals surface area contributed by atoms with E-state index in [-0.39, 0.29) is 0 Å². The van der Waals surface area contributed by atoms with E-state index in [1.807, 2.05) is 11.8 Å². The van der Waals surface area contributed by atoms with Gasteiger partial charge in [0.1, 0.15) is 0 Å². The van der Waals surface area contributed by atoms with Crippen LogP contribution in [0.25, 0.3) is 0 Å². The Labute approximate surface area is 127 Å². The molecule has 0 spiro atoms. The lowest BCUT2D eigenvalue weighted by molar-refractivity contribution is 0.280. The van der Waals surface area contributed by atoms with Gasteiger partial charge in [0, 0.05) is 10.9 Å². The molecule has 1 aromatic carbocycles. The number of hydrogen-bond acceptors (Lipinski definition) is 2. The van der Waals surface area contributed by atoms with E-state index in [1.165, 1.54) is 42.6 Å². The summed E-state index contributed by atoms with van der Waals surface area (Å²) in [6, 6.07) is 9.75. The molecule has 0 saturated heterocycles. The highest BCUT2D eigenvalue weighted by atomic mass is 32.2. The highest BCUT2D eigenvalue weighted by Crippen LogP contribution is 2.50. The van der Waals surface area contributed by atoms with Gasteiger partial charge in [-0.2, -0.15) is 0 Å². The van der Waals surface area contributed by atoms with Crippen molar-refractivity contribution < 1.29 is 0 Å². The van der Waals surface area contributed by atoms with E-state index in [9.17, 15) is 0 Å². The summed E-state index contributed by atoms with van der Waals surface area (Å²) in [6.45, 7) is 3.29. The molecular formula is C18H27NS. The molecule has 0 heterocycles. The number of thioether (sulfide) groups is 1. The minimum atomic E-state index is 0.556. The zero-order chi connectivity index (χ0) is 13.9. The highest BCUT2D eigenvalue weighted by Gasteiger charge is 2.40. The van der Waals surface area contributed by atoms with E-state index < -0.39 is 0 Å². The van der Waals surface area contributed by atoms with Crippen LogP contribution in [-0.2, 0) is 0 Å². The van der Waals surface area contributed by atoms with Crippen molar-refractivity contribution in [2.45, 2.75) is 50.0 Å². The SMILES string of the molecule is CCNC(CC1CC2CCC1C2)c1ccc(SC)cc1. The molecule has 1 nitrogen and oxygen atoms in total. The fourth-order valence-electron chi connectivity index (χ4n) is 4.39. The minimum Gasteiger partial charge on any atom is -0.310 e. The van der Waals surface area contributed by atoms with Crippen LogP contribution in [0.2, 0.25) is 0 Å². The molecule has 4 atom stereocenters. The van der Waals surface area contributed by atoms with Gasteiger partial charge < -0.3 is 5.32 Å². The number of benzene rings is 1. The third-order valence-electron chi connectivity index (χ3n) is 5.39. The van der Waals surface area contributed by atoms with E-state index in [4.69, 9.17) is 0 Å². The summed E-state index contributed by atoms with van der Waals surface area (Å²) in [5.41, 5.74) is 1.48. The fraction of sp³-hybridized carbons (Fsp3) is 0.667. The van der Waals surface area contributed by atoms with Gasteiger partial charge in [0.15, 0.2) is 0 Å². The molecular weight excluding hydrogens is 262 g/mol. The zero-order valence-electron chi connectivity index (χ0n) is 12.8. The molecule has 2 heteroatoms. The van der Waals surface area contributed by atoms with Crippen molar-refractivity contribution in [1.29, 1.82) is 0 Å². The van der Waals surface area contributed by atoms with Gasteiger partial charge in [-0.1, -0.05) is 25.5 Å². The van der Waals surface area contributed by atoms with Gasteiger partial charge >= 0.3 is 0 Å². The summed E-state index contributed by atoms with van der Waals surface area (Å²) in [7, 11) is 0. The van der Waals surface area contributed by atoms with Crippen molar-refractivity contribution in [3.8, 4) is 0 Å². The van der Waals surface area contributed by atoms with Crippen LogP contribution in [0.4, 0.5) is 0 Å². The van der Waals surface area contributed by atoms with Crippen LogP contribution in [0.3, 0.4) is 0 Å². The lowest BCUT2D eigenvalue weighted by Gasteiger charge is -2.27. The van der Waals surface area contributed by atoms with Crippen LogP contribution < -0.4 is 5.32 Å². The first kappa shape index (κ1) is 14.5. The van der Waals surface area contributed by atoms with E-state index in [1.54, 1.807) is 0 Å². The maximum Gasteiger partial charge on any atom is 0.0322 e.